The van der Waals surface area contributed by atoms with Gasteiger partial charge in [-0.05, 0) is 120 Å². The number of aryl methyl sites for hydroxylation is 2. The van der Waals surface area contributed by atoms with Crippen LogP contribution in [0.15, 0.2) is 159 Å². The molecule has 18 nitrogen and oxygen atoms in total. The highest BCUT2D eigenvalue weighted by Gasteiger charge is 2.22. The SMILES string of the molecule is COCCn1c(Cc2cc(F)c(-c3cccc(OCc4ccc(C#Cc5cncn5C)cc4F)n3)cc2F)nc2ccc(C(=O)O)cc21.COCCn1c(Cc2cc(F)c(-c3cccc(OCc4ccc(C#Cc5cncn5C)cc4F)n3)cc2F)nc2ccc(C(=O)O)cc21. The maximum Gasteiger partial charge on any atom is 0.335 e. The minimum Gasteiger partial charge on any atom is -0.478 e. The van der Waals surface area contributed by atoms with Gasteiger partial charge in [-0.15, -0.1) is 0 Å². The molecule has 24 heteroatoms. The predicted molar refractivity (Wildman–Crippen MR) is 342 cm³/mol. The van der Waals surface area contributed by atoms with Crippen LogP contribution >= 0.6 is 0 Å². The summed E-state index contributed by atoms with van der Waals surface area (Å²) in [6.45, 7) is 0.970. The lowest BCUT2D eigenvalue weighted by Crippen LogP contribution is -2.10. The number of carbonyl (C=O) groups is 2. The van der Waals surface area contributed by atoms with Crippen LogP contribution in [-0.4, -0.2) is 97.8 Å². The van der Waals surface area contributed by atoms with Crippen molar-refractivity contribution in [2.24, 2.45) is 14.1 Å². The first-order chi connectivity index (χ1) is 46.4. The highest BCUT2D eigenvalue weighted by molar-refractivity contribution is 5.93. The summed E-state index contributed by atoms with van der Waals surface area (Å²) in [5.41, 5.74) is 5.40. The number of carboxylic acid groups (broad SMARTS) is 2. The highest BCUT2D eigenvalue weighted by atomic mass is 19.1. The molecule has 0 saturated heterocycles. The zero-order valence-corrected chi connectivity index (χ0v) is 51.8. The van der Waals surface area contributed by atoms with Crippen molar-refractivity contribution in [1.82, 2.24) is 48.2 Å². The molecule has 0 aliphatic rings. The van der Waals surface area contributed by atoms with Gasteiger partial charge >= 0.3 is 11.9 Å². The third-order valence-corrected chi connectivity index (χ3v) is 15.3. The number of halogens is 6. The second kappa shape index (κ2) is 29.4. The maximum absolute atomic E-state index is 15.5. The van der Waals surface area contributed by atoms with E-state index in [1.165, 1.54) is 74.9 Å². The summed E-state index contributed by atoms with van der Waals surface area (Å²) in [7, 11) is 6.68. The molecule has 6 heterocycles. The first kappa shape index (κ1) is 65.6. The molecule has 2 N–H and O–H groups in total. The summed E-state index contributed by atoms with van der Waals surface area (Å²) in [6, 6.07) is 31.7. The molecule has 0 radical (unpaired) electrons. The van der Waals surface area contributed by atoms with Gasteiger partial charge in [-0.3, -0.25) is 0 Å². The average molecular weight is 1300 g/mol. The number of nitrogens with zero attached hydrogens (tertiary/aromatic N) is 10. The largest absolute Gasteiger partial charge is 0.478 e. The van der Waals surface area contributed by atoms with Crippen LogP contribution in [-0.2, 0) is 62.7 Å². The van der Waals surface area contributed by atoms with Crippen molar-refractivity contribution < 1.29 is 65.1 Å². The zero-order chi connectivity index (χ0) is 67.6. The van der Waals surface area contributed by atoms with E-state index in [4.69, 9.17) is 18.9 Å². The molecule has 0 bridgehead atoms. The molecule has 0 aliphatic heterocycles. The van der Waals surface area contributed by atoms with E-state index in [-0.39, 0.29) is 93.7 Å². The van der Waals surface area contributed by atoms with Crippen molar-refractivity contribution >= 4 is 34.0 Å². The Morgan fingerprint density at radius 1 is 0.469 bits per heavy atom. The van der Waals surface area contributed by atoms with E-state index in [0.717, 1.165) is 24.3 Å². The molecule has 0 spiro atoms. The van der Waals surface area contributed by atoms with E-state index < -0.39 is 46.8 Å². The Kier molecular flexibility index (Phi) is 20.1. The second-order valence-electron chi connectivity index (χ2n) is 21.8. The summed E-state index contributed by atoms with van der Waals surface area (Å²) in [4.78, 5) is 48.8. The third-order valence-electron chi connectivity index (χ3n) is 15.3. The van der Waals surface area contributed by atoms with Crippen LogP contribution < -0.4 is 9.47 Å². The Labute approximate surface area is 544 Å². The number of imidazole rings is 4. The van der Waals surface area contributed by atoms with Crippen molar-refractivity contribution in [2.75, 3.05) is 27.4 Å². The number of carboxylic acids is 2. The lowest BCUT2D eigenvalue weighted by molar-refractivity contribution is 0.0686. The topological polar surface area (TPSA) is 209 Å². The molecule has 0 atom stereocenters. The standard InChI is InChI=1S/2C36H28F3N5O4/c2*1-43-21-40-19-26(43)10-7-22-6-8-24(28(37)14-22)20-48-35-5-3-4-31(42-35)27-18-29(38)25(15-30(27)39)17-34-41-32-11-9-23(36(45)46)16-33(32)44(34)12-13-47-2/h2*3-6,8-9,11,14-16,18-19,21H,12-13,17,20H2,1-2H3,(H,45,46). The van der Waals surface area contributed by atoms with Crippen LogP contribution in [0.25, 0.3) is 44.6 Å². The Morgan fingerprint density at radius 3 is 1.26 bits per heavy atom. The lowest BCUT2D eigenvalue weighted by Gasteiger charge is -2.12. The highest BCUT2D eigenvalue weighted by Crippen LogP contribution is 2.31. The molecule has 484 valence electrons. The van der Waals surface area contributed by atoms with E-state index in [1.54, 1.807) is 91.8 Å². The van der Waals surface area contributed by atoms with Gasteiger partial charge < -0.3 is 47.4 Å². The van der Waals surface area contributed by atoms with E-state index in [2.05, 4.69) is 53.6 Å². The van der Waals surface area contributed by atoms with Gasteiger partial charge in [0, 0.05) is 99.8 Å². The first-order valence-corrected chi connectivity index (χ1v) is 29.5. The summed E-state index contributed by atoms with van der Waals surface area (Å²) in [5.74, 6) is 6.76. The molecular weight excluding hydrogens is 1250 g/mol. The number of ether oxygens (including phenoxy) is 4. The van der Waals surface area contributed by atoms with E-state index >= 15 is 17.6 Å². The fourth-order valence-corrected chi connectivity index (χ4v) is 10.2. The molecular formula is C72H56F6N10O8. The van der Waals surface area contributed by atoms with Gasteiger partial charge in [0.1, 0.15) is 71.2 Å². The summed E-state index contributed by atoms with van der Waals surface area (Å²) < 4.78 is 120. The Bertz CT molecular complexity index is 4750. The zero-order valence-electron chi connectivity index (χ0n) is 51.8. The molecule has 6 aromatic heterocycles. The van der Waals surface area contributed by atoms with Crippen LogP contribution in [0, 0.1) is 58.6 Å². The molecule has 0 amide bonds. The van der Waals surface area contributed by atoms with Crippen LogP contribution in [0.1, 0.15) is 77.1 Å². The number of hydrogen-bond donors (Lipinski definition) is 2. The van der Waals surface area contributed by atoms with Gasteiger partial charge in [0.25, 0.3) is 0 Å². The Hall–Kier alpha value is -11.9. The van der Waals surface area contributed by atoms with Crippen molar-refractivity contribution in [1.29, 1.82) is 0 Å². The lowest BCUT2D eigenvalue weighted by atomic mass is 10.0. The molecule has 96 heavy (non-hydrogen) atoms. The van der Waals surface area contributed by atoms with Gasteiger partial charge in [-0.2, -0.15) is 0 Å². The number of aromatic nitrogens is 10. The Balaban J connectivity index is 0.000000195. The minimum absolute atomic E-state index is 0.0556. The molecule has 12 rings (SSSR count). The van der Waals surface area contributed by atoms with E-state index in [1.807, 2.05) is 14.1 Å². The van der Waals surface area contributed by atoms with Crippen molar-refractivity contribution in [2.45, 2.75) is 39.1 Å². The molecule has 6 aromatic carbocycles. The smallest absolute Gasteiger partial charge is 0.335 e. The number of rotatable bonds is 20. The summed E-state index contributed by atoms with van der Waals surface area (Å²) >= 11 is 0. The number of methoxy groups -OCH3 is 2. The van der Waals surface area contributed by atoms with Gasteiger partial charge in [0.15, 0.2) is 0 Å². The molecule has 0 saturated carbocycles. The van der Waals surface area contributed by atoms with E-state index in [9.17, 15) is 28.6 Å². The van der Waals surface area contributed by atoms with Gasteiger partial charge in [0.2, 0.25) is 11.8 Å². The van der Waals surface area contributed by atoms with Crippen LogP contribution in [0.4, 0.5) is 26.3 Å². The summed E-state index contributed by atoms with van der Waals surface area (Å²) in [6.07, 6.45) is 6.37. The third kappa shape index (κ3) is 15.3. The monoisotopic (exact) mass is 1300 g/mol. The van der Waals surface area contributed by atoms with Gasteiger partial charge in [-0.25, -0.2) is 65.8 Å². The second-order valence-corrected chi connectivity index (χ2v) is 21.8. The van der Waals surface area contributed by atoms with E-state index in [0.29, 0.717) is 82.5 Å². The molecule has 0 aliphatic carbocycles. The number of pyridine rings is 2. The quantitative estimate of drug-likeness (QED) is 0.0538. The molecule has 0 fully saturated rings. The maximum atomic E-state index is 15.5. The predicted octanol–water partition coefficient (Wildman–Crippen LogP) is 12.3. The Morgan fingerprint density at radius 2 is 0.885 bits per heavy atom. The number of benzene rings is 6. The van der Waals surface area contributed by atoms with Crippen molar-refractivity contribution in [3.63, 3.8) is 0 Å². The van der Waals surface area contributed by atoms with Crippen LogP contribution in [0.2, 0.25) is 0 Å². The average Bonchev–Trinajstić information content (AvgIpc) is 1.77. The number of hydrogen-bond acceptors (Lipinski definition) is 12. The normalized spacial score (nSPS) is 11.0. The van der Waals surface area contributed by atoms with Crippen molar-refractivity contribution in [3.8, 4) is 58.0 Å². The van der Waals surface area contributed by atoms with Gasteiger partial charge in [-0.1, -0.05) is 36.1 Å². The van der Waals surface area contributed by atoms with Crippen LogP contribution in [0.5, 0.6) is 11.8 Å². The number of aromatic carboxylic acids is 2. The fourth-order valence-electron chi connectivity index (χ4n) is 10.2. The molecule has 12 aromatic rings. The fraction of sp³-hybridized carbons (Fsp3) is 0.167. The minimum atomic E-state index is -1.09. The van der Waals surface area contributed by atoms with Crippen LogP contribution in [0.3, 0.4) is 0 Å². The van der Waals surface area contributed by atoms with Crippen molar-refractivity contribution in [3.05, 3.63) is 261 Å². The van der Waals surface area contributed by atoms with Gasteiger partial charge in [0.05, 0.1) is 82.8 Å². The first-order valence-electron chi connectivity index (χ1n) is 29.5. The molecule has 0 unspecified atom stereocenters. The number of fused-ring (bicyclic) bond motifs is 2. The summed E-state index contributed by atoms with van der Waals surface area (Å²) in [5, 5.41) is 18.9.